The summed E-state index contributed by atoms with van der Waals surface area (Å²) in [5.41, 5.74) is 0.489. The molecule has 22 heavy (non-hydrogen) atoms. The monoisotopic (exact) mass is 304 g/mol. The van der Waals surface area contributed by atoms with Gasteiger partial charge >= 0.3 is 6.09 Å². The summed E-state index contributed by atoms with van der Waals surface area (Å²) in [5, 5.41) is 2.90. The van der Waals surface area contributed by atoms with Crippen molar-refractivity contribution in [2.24, 2.45) is 0 Å². The Morgan fingerprint density at radius 1 is 1.27 bits per heavy atom. The highest BCUT2D eigenvalue weighted by molar-refractivity contribution is 5.86. The van der Waals surface area contributed by atoms with E-state index in [1.165, 1.54) is 4.90 Å². The molecule has 1 unspecified atom stereocenters. The largest absolute Gasteiger partial charge is 0.444 e. The molecule has 0 spiro atoms. The molecule has 0 saturated carbocycles. The summed E-state index contributed by atoms with van der Waals surface area (Å²) in [4.78, 5) is 26.0. The molecule has 1 fully saturated rings. The van der Waals surface area contributed by atoms with Gasteiger partial charge in [0.25, 0.3) is 0 Å². The van der Waals surface area contributed by atoms with Crippen LogP contribution in [0.4, 0.5) is 4.79 Å². The minimum absolute atomic E-state index is 0.118. The summed E-state index contributed by atoms with van der Waals surface area (Å²) in [6.45, 7) is 6.51. The summed E-state index contributed by atoms with van der Waals surface area (Å²) in [6.07, 6.45) is 1.09. The summed E-state index contributed by atoms with van der Waals surface area (Å²) in [5.74, 6) is -0.118. The van der Waals surface area contributed by atoms with E-state index in [1.807, 2.05) is 51.1 Å². The first-order valence-electron chi connectivity index (χ1n) is 7.68. The summed E-state index contributed by atoms with van der Waals surface area (Å²) < 4.78 is 5.37. The first kappa shape index (κ1) is 16.3. The number of benzene rings is 1. The molecule has 0 aliphatic carbocycles. The van der Waals surface area contributed by atoms with Crippen molar-refractivity contribution in [3.63, 3.8) is 0 Å². The Kier molecular flexibility index (Phi) is 5.06. The molecule has 1 aromatic rings. The smallest absolute Gasteiger partial charge is 0.410 e. The predicted molar refractivity (Wildman–Crippen MR) is 84.3 cm³/mol. The quantitative estimate of drug-likeness (QED) is 0.934. The Balaban J connectivity index is 1.92. The molecule has 0 aromatic heterocycles. The molecule has 2 amide bonds. The van der Waals surface area contributed by atoms with Crippen LogP contribution in [0.3, 0.4) is 0 Å². The minimum Gasteiger partial charge on any atom is -0.444 e. The molecule has 0 radical (unpaired) electrons. The number of amides is 2. The molecular weight excluding hydrogens is 280 g/mol. The lowest BCUT2D eigenvalue weighted by molar-refractivity contribution is -0.125. The molecule has 120 valence electrons. The van der Waals surface area contributed by atoms with E-state index in [-0.39, 0.29) is 5.91 Å². The molecule has 5 nitrogen and oxygen atoms in total. The fourth-order valence-corrected chi connectivity index (χ4v) is 2.48. The van der Waals surface area contributed by atoms with Crippen molar-refractivity contribution in [1.82, 2.24) is 10.2 Å². The molecule has 1 aliphatic rings. The molecule has 1 atom stereocenters. The first-order valence-corrected chi connectivity index (χ1v) is 7.68. The second kappa shape index (κ2) is 6.81. The topological polar surface area (TPSA) is 58.6 Å². The van der Waals surface area contributed by atoms with E-state index in [0.717, 1.165) is 12.0 Å². The van der Waals surface area contributed by atoms with E-state index in [4.69, 9.17) is 4.74 Å². The maximum absolute atomic E-state index is 12.3. The van der Waals surface area contributed by atoms with Crippen molar-refractivity contribution in [3.05, 3.63) is 35.9 Å². The Hall–Kier alpha value is -2.04. The van der Waals surface area contributed by atoms with Crippen molar-refractivity contribution < 1.29 is 14.3 Å². The Labute approximate surface area is 131 Å². The lowest BCUT2D eigenvalue weighted by Crippen LogP contribution is -2.47. The maximum atomic E-state index is 12.3. The number of nitrogens with one attached hydrogen (secondary N) is 1. The molecule has 1 saturated heterocycles. The summed E-state index contributed by atoms with van der Waals surface area (Å²) in [7, 11) is 0. The zero-order valence-corrected chi connectivity index (χ0v) is 13.5. The number of carbonyl (C=O) groups excluding carboxylic acids is 2. The van der Waals surface area contributed by atoms with E-state index in [0.29, 0.717) is 19.5 Å². The Morgan fingerprint density at radius 3 is 2.59 bits per heavy atom. The summed E-state index contributed by atoms with van der Waals surface area (Å²) >= 11 is 0. The van der Waals surface area contributed by atoms with Crippen LogP contribution in [0.15, 0.2) is 30.3 Å². The third-order valence-corrected chi connectivity index (χ3v) is 3.49. The van der Waals surface area contributed by atoms with Gasteiger partial charge in [-0.1, -0.05) is 30.3 Å². The van der Waals surface area contributed by atoms with E-state index < -0.39 is 17.7 Å². The van der Waals surface area contributed by atoms with Crippen LogP contribution >= 0.6 is 0 Å². The highest BCUT2D eigenvalue weighted by Gasteiger charge is 2.36. The molecule has 1 aromatic carbocycles. The average Bonchev–Trinajstić information content (AvgIpc) is 2.93. The van der Waals surface area contributed by atoms with Gasteiger partial charge in [0.05, 0.1) is 0 Å². The molecular formula is C17H24N2O3. The normalized spacial score (nSPS) is 18.1. The molecule has 2 rings (SSSR count). The number of rotatable bonds is 3. The van der Waals surface area contributed by atoms with E-state index >= 15 is 0 Å². The van der Waals surface area contributed by atoms with E-state index in [2.05, 4.69) is 5.32 Å². The Bertz CT molecular complexity index is 522. The maximum Gasteiger partial charge on any atom is 0.410 e. The van der Waals surface area contributed by atoms with Gasteiger partial charge in [-0.05, 0) is 39.2 Å². The van der Waals surface area contributed by atoms with E-state index in [9.17, 15) is 9.59 Å². The molecule has 1 aliphatic heterocycles. The number of ether oxygens (including phenoxy) is 1. The first-order chi connectivity index (χ1) is 10.4. The van der Waals surface area contributed by atoms with Crippen LogP contribution in [-0.4, -0.2) is 35.1 Å². The van der Waals surface area contributed by atoms with Crippen molar-refractivity contribution in [3.8, 4) is 0 Å². The van der Waals surface area contributed by atoms with Gasteiger partial charge in [-0.15, -0.1) is 0 Å². The number of hydrogen-bond donors (Lipinski definition) is 1. The predicted octanol–water partition coefficient (Wildman–Crippen LogP) is 2.70. The van der Waals surface area contributed by atoms with Gasteiger partial charge in [0.2, 0.25) is 5.91 Å². The van der Waals surface area contributed by atoms with Crippen molar-refractivity contribution in [2.75, 3.05) is 6.54 Å². The average molecular weight is 304 g/mol. The van der Waals surface area contributed by atoms with Gasteiger partial charge in [0, 0.05) is 13.1 Å². The van der Waals surface area contributed by atoms with Crippen molar-refractivity contribution >= 4 is 12.0 Å². The fraction of sp³-hybridized carbons (Fsp3) is 0.529. The molecule has 1 N–H and O–H groups in total. The van der Waals surface area contributed by atoms with Gasteiger partial charge in [-0.3, -0.25) is 9.69 Å². The molecule has 1 heterocycles. The highest BCUT2D eigenvalue weighted by atomic mass is 16.6. The van der Waals surface area contributed by atoms with Crippen LogP contribution in [0.25, 0.3) is 0 Å². The van der Waals surface area contributed by atoms with Crippen molar-refractivity contribution in [1.29, 1.82) is 0 Å². The zero-order valence-electron chi connectivity index (χ0n) is 13.5. The summed E-state index contributed by atoms with van der Waals surface area (Å²) in [6, 6.07) is 9.29. The molecule has 5 heteroatoms. The third-order valence-electron chi connectivity index (χ3n) is 3.49. The second-order valence-electron chi connectivity index (χ2n) is 6.54. The number of carbonyl (C=O) groups is 2. The van der Waals surface area contributed by atoms with Crippen LogP contribution in [0, 0.1) is 0 Å². The lowest BCUT2D eigenvalue weighted by atomic mass is 10.2. The van der Waals surface area contributed by atoms with E-state index in [1.54, 1.807) is 0 Å². The number of nitrogens with zero attached hydrogens (tertiary/aromatic N) is 1. The molecule has 0 bridgehead atoms. The van der Waals surface area contributed by atoms with Crippen LogP contribution in [0.5, 0.6) is 0 Å². The van der Waals surface area contributed by atoms with Gasteiger partial charge in [0.15, 0.2) is 0 Å². The van der Waals surface area contributed by atoms with Crippen LogP contribution < -0.4 is 5.32 Å². The minimum atomic E-state index is -0.551. The SMILES string of the molecule is CC(C)(C)OC(=O)N1CCCC1C(=O)NCc1ccccc1. The van der Waals surface area contributed by atoms with Crippen LogP contribution in [0.1, 0.15) is 39.2 Å². The van der Waals surface area contributed by atoms with Gasteiger partial charge < -0.3 is 10.1 Å². The van der Waals surface area contributed by atoms with Gasteiger partial charge in [-0.25, -0.2) is 4.79 Å². The van der Waals surface area contributed by atoms with Crippen LogP contribution in [0.2, 0.25) is 0 Å². The third kappa shape index (κ3) is 4.48. The standard InChI is InChI=1S/C17H24N2O3/c1-17(2,3)22-16(21)19-11-7-10-14(19)15(20)18-12-13-8-5-4-6-9-13/h4-6,8-9,14H,7,10-12H2,1-3H3,(H,18,20). The highest BCUT2D eigenvalue weighted by Crippen LogP contribution is 2.21. The van der Waals surface area contributed by atoms with Gasteiger partial charge in [0.1, 0.15) is 11.6 Å². The van der Waals surface area contributed by atoms with Crippen LogP contribution in [-0.2, 0) is 16.1 Å². The number of likely N-dealkylation sites (tertiary alicyclic amines) is 1. The number of hydrogen-bond acceptors (Lipinski definition) is 3. The fourth-order valence-electron chi connectivity index (χ4n) is 2.48. The lowest BCUT2D eigenvalue weighted by Gasteiger charge is -2.28. The van der Waals surface area contributed by atoms with Gasteiger partial charge in [-0.2, -0.15) is 0 Å². The Morgan fingerprint density at radius 2 is 1.95 bits per heavy atom. The zero-order chi connectivity index (χ0) is 16.2. The van der Waals surface area contributed by atoms with Crippen molar-refractivity contribution in [2.45, 2.75) is 51.8 Å². The second-order valence-corrected chi connectivity index (χ2v) is 6.54.